The third-order valence-corrected chi connectivity index (χ3v) is 4.73. The van der Waals surface area contributed by atoms with Gasteiger partial charge in [0.15, 0.2) is 0 Å². The van der Waals surface area contributed by atoms with Gasteiger partial charge in [0.25, 0.3) is 0 Å². The highest BCUT2D eigenvalue weighted by molar-refractivity contribution is 5.78. The van der Waals surface area contributed by atoms with Crippen molar-refractivity contribution >= 4 is 29.2 Å². The number of rotatable bonds is 5. The Balaban J connectivity index is 1.60. The number of hydrogen-bond donors (Lipinski definition) is 0. The maximum absolute atomic E-state index is 5.42. The van der Waals surface area contributed by atoms with Gasteiger partial charge >= 0.3 is 0 Å². The molecule has 0 saturated carbocycles. The van der Waals surface area contributed by atoms with Crippen LogP contribution in [0.4, 0.5) is 17.1 Å². The SMILES string of the molecule is C#Cc1ccc(C=Cc2ccc(N(c3ccccc3)c3ccccc3)cc2)cc1. The minimum atomic E-state index is 0.897. The van der Waals surface area contributed by atoms with Crippen LogP contribution in [0, 0.1) is 12.3 Å². The van der Waals surface area contributed by atoms with Crippen molar-refractivity contribution < 1.29 is 0 Å². The van der Waals surface area contributed by atoms with Crippen molar-refractivity contribution in [2.24, 2.45) is 0 Å². The monoisotopic (exact) mass is 371 g/mol. The zero-order chi connectivity index (χ0) is 19.9. The van der Waals surface area contributed by atoms with Crippen LogP contribution in [-0.2, 0) is 0 Å². The van der Waals surface area contributed by atoms with Crippen molar-refractivity contribution in [2.45, 2.75) is 0 Å². The van der Waals surface area contributed by atoms with Crippen LogP contribution in [-0.4, -0.2) is 0 Å². The molecule has 0 fully saturated rings. The average molecular weight is 371 g/mol. The number of anilines is 3. The fourth-order valence-corrected chi connectivity index (χ4v) is 3.22. The molecule has 29 heavy (non-hydrogen) atoms. The van der Waals surface area contributed by atoms with Crippen LogP contribution in [0.2, 0.25) is 0 Å². The van der Waals surface area contributed by atoms with E-state index in [-0.39, 0.29) is 0 Å². The minimum absolute atomic E-state index is 0.897. The van der Waals surface area contributed by atoms with E-state index < -0.39 is 0 Å². The average Bonchev–Trinajstić information content (AvgIpc) is 2.80. The van der Waals surface area contributed by atoms with E-state index in [2.05, 4.69) is 95.8 Å². The highest BCUT2D eigenvalue weighted by Crippen LogP contribution is 2.34. The van der Waals surface area contributed by atoms with Crippen molar-refractivity contribution in [1.29, 1.82) is 0 Å². The van der Waals surface area contributed by atoms with Gasteiger partial charge in [-0.3, -0.25) is 0 Å². The van der Waals surface area contributed by atoms with Gasteiger partial charge in [0.05, 0.1) is 0 Å². The first kappa shape index (κ1) is 18.3. The molecule has 0 aromatic heterocycles. The molecular weight excluding hydrogens is 350 g/mol. The summed E-state index contributed by atoms with van der Waals surface area (Å²) in [6.07, 6.45) is 9.63. The van der Waals surface area contributed by atoms with E-state index in [9.17, 15) is 0 Å². The van der Waals surface area contributed by atoms with Crippen molar-refractivity contribution in [3.63, 3.8) is 0 Å². The summed E-state index contributed by atoms with van der Waals surface area (Å²) in [6.45, 7) is 0. The Morgan fingerprint density at radius 1 is 0.517 bits per heavy atom. The molecule has 0 aliphatic carbocycles. The van der Waals surface area contributed by atoms with Crippen molar-refractivity contribution in [3.05, 3.63) is 126 Å². The van der Waals surface area contributed by atoms with Crippen LogP contribution in [0.25, 0.3) is 12.2 Å². The van der Waals surface area contributed by atoms with Crippen LogP contribution in [0.3, 0.4) is 0 Å². The van der Waals surface area contributed by atoms with Crippen molar-refractivity contribution in [2.75, 3.05) is 4.90 Å². The molecule has 0 heterocycles. The Hall–Kier alpha value is -4.02. The molecule has 4 aromatic rings. The summed E-state index contributed by atoms with van der Waals surface area (Å²) in [5, 5.41) is 0. The van der Waals surface area contributed by atoms with Crippen LogP contribution >= 0.6 is 0 Å². The maximum atomic E-state index is 5.42. The van der Waals surface area contributed by atoms with E-state index >= 15 is 0 Å². The lowest BCUT2D eigenvalue weighted by Gasteiger charge is -2.25. The lowest BCUT2D eigenvalue weighted by Crippen LogP contribution is -2.09. The second-order valence-electron chi connectivity index (χ2n) is 6.70. The molecule has 0 unspecified atom stereocenters. The summed E-state index contributed by atoms with van der Waals surface area (Å²) in [6, 6.07) is 37.4. The lowest BCUT2D eigenvalue weighted by atomic mass is 10.1. The Labute approximate surface area is 172 Å². The second kappa shape index (κ2) is 8.78. The van der Waals surface area contributed by atoms with Gasteiger partial charge in [0.2, 0.25) is 0 Å². The van der Waals surface area contributed by atoms with Gasteiger partial charge in [-0.25, -0.2) is 0 Å². The van der Waals surface area contributed by atoms with Crippen LogP contribution in [0.5, 0.6) is 0 Å². The molecule has 4 aromatic carbocycles. The molecule has 0 saturated heterocycles. The number of terminal acetylenes is 1. The molecular formula is C28H21N. The molecule has 138 valence electrons. The summed E-state index contributed by atoms with van der Waals surface area (Å²) < 4.78 is 0. The van der Waals surface area contributed by atoms with E-state index in [1.807, 2.05) is 36.4 Å². The smallest absolute Gasteiger partial charge is 0.0462 e. The van der Waals surface area contributed by atoms with Gasteiger partial charge in [0, 0.05) is 22.6 Å². The normalized spacial score (nSPS) is 10.6. The summed E-state index contributed by atoms with van der Waals surface area (Å²) in [7, 11) is 0. The Kier molecular flexibility index (Phi) is 5.55. The molecule has 0 bridgehead atoms. The molecule has 0 spiro atoms. The summed E-state index contributed by atoms with van der Waals surface area (Å²) in [5.74, 6) is 2.64. The zero-order valence-electron chi connectivity index (χ0n) is 16.1. The van der Waals surface area contributed by atoms with Gasteiger partial charge in [0.1, 0.15) is 0 Å². The predicted octanol–water partition coefficient (Wildman–Crippen LogP) is 7.31. The number of para-hydroxylation sites is 2. The standard InChI is InChI=1S/C28H21N/c1-2-23-13-15-24(16-14-23)17-18-25-19-21-28(22-20-25)29(26-9-5-3-6-10-26)27-11-7-4-8-12-27/h1,3-22H. The minimum Gasteiger partial charge on any atom is -0.311 e. The van der Waals surface area contributed by atoms with Gasteiger partial charge in [-0.15, -0.1) is 6.42 Å². The van der Waals surface area contributed by atoms with E-state index in [0.717, 1.165) is 33.8 Å². The highest BCUT2D eigenvalue weighted by Gasteiger charge is 2.11. The van der Waals surface area contributed by atoms with Gasteiger partial charge in [-0.1, -0.05) is 78.7 Å². The summed E-state index contributed by atoms with van der Waals surface area (Å²) in [5.41, 5.74) is 6.57. The van der Waals surface area contributed by atoms with Crippen LogP contribution in [0.1, 0.15) is 16.7 Å². The largest absolute Gasteiger partial charge is 0.311 e. The molecule has 4 rings (SSSR count). The molecule has 1 nitrogen and oxygen atoms in total. The second-order valence-corrected chi connectivity index (χ2v) is 6.70. The van der Waals surface area contributed by atoms with Gasteiger partial charge in [-0.05, 0) is 59.7 Å². The predicted molar refractivity (Wildman–Crippen MR) is 124 cm³/mol. The zero-order valence-corrected chi connectivity index (χ0v) is 16.1. The fourth-order valence-electron chi connectivity index (χ4n) is 3.22. The van der Waals surface area contributed by atoms with Gasteiger partial charge < -0.3 is 4.90 Å². The Morgan fingerprint density at radius 2 is 0.931 bits per heavy atom. The Morgan fingerprint density at radius 3 is 1.38 bits per heavy atom. The van der Waals surface area contributed by atoms with E-state index in [1.54, 1.807) is 0 Å². The number of hydrogen-bond acceptors (Lipinski definition) is 1. The van der Waals surface area contributed by atoms with Crippen LogP contribution in [0.15, 0.2) is 109 Å². The molecule has 1 heteroatoms. The summed E-state index contributed by atoms with van der Waals surface area (Å²) >= 11 is 0. The first-order valence-electron chi connectivity index (χ1n) is 9.58. The molecule has 0 aliphatic rings. The van der Waals surface area contributed by atoms with Crippen molar-refractivity contribution in [3.8, 4) is 12.3 Å². The molecule has 0 amide bonds. The summed E-state index contributed by atoms with van der Waals surface area (Å²) in [4.78, 5) is 2.26. The maximum Gasteiger partial charge on any atom is 0.0462 e. The van der Waals surface area contributed by atoms with E-state index in [4.69, 9.17) is 6.42 Å². The van der Waals surface area contributed by atoms with Crippen molar-refractivity contribution in [1.82, 2.24) is 0 Å². The molecule has 0 atom stereocenters. The first-order chi connectivity index (χ1) is 14.3. The fraction of sp³-hybridized carbons (Fsp3) is 0. The van der Waals surface area contributed by atoms with E-state index in [0.29, 0.717) is 0 Å². The molecule has 0 N–H and O–H groups in total. The quantitative estimate of drug-likeness (QED) is 0.263. The third kappa shape index (κ3) is 4.46. The third-order valence-electron chi connectivity index (χ3n) is 4.73. The molecule has 0 radical (unpaired) electrons. The Bertz CT molecular complexity index is 1080. The number of benzene rings is 4. The first-order valence-corrected chi connectivity index (χ1v) is 9.58. The van der Waals surface area contributed by atoms with E-state index in [1.165, 1.54) is 0 Å². The molecule has 0 aliphatic heterocycles. The van der Waals surface area contributed by atoms with Crippen LogP contribution < -0.4 is 4.90 Å². The highest BCUT2D eigenvalue weighted by atomic mass is 15.1. The topological polar surface area (TPSA) is 3.24 Å². The number of nitrogens with zero attached hydrogens (tertiary/aromatic N) is 1. The van der Waals surface area contributed by atoms with Gasteiger partial charge in [-0.2, -0.15) is 0 Å². The lowest BCUT2D eigenvalue weighted by molar-refractivity contribution is 1.28.